The van der Waals surface area contributed by atoms with Crippen molar-refractivity contribution in [3.05, 3.63) is 63.4 Å². The van der Waals surface area contributed by atoms with Crippen LogP contribution in [0.15, 0.2) is 36.4 Å². The van der Waals surface area contributed by atoms with Crippen molar-refractivity contribution in [1.29, 1.82) is 0 Å². The van der Waals surface area contributed by atoms with Crippen LogP contribution in [0.4, 0.5) is 10.1 Å². The highest BCUT2D eigenvalue weighted by atomic mass is 35.5. The topological polar surface area (TPSA) is 12.0 Å². The molecular weight excluding hydrogens is 296 g/mol. The fourth-order valence-electron chi connectivity index (χ4n) is 2.07. The molecule has 1 atom stereocenters. The van der Waals surface area contributed by atoms with E-state index in [0.29, 0.717) is 15.7 Å². The van der Waals surface area contributed by atoms with Crippen LogP contribution in [0.25, 0.3) is 0 Å². The number of halogens is 3. The van der Waals surface area contributed by atoms with Gasteiger partial charge in [0, 0.05) is 0 Å². The molecule has 0 radical (unpaired) electrons. The predicted molar refractivity (Wildman–Crippen MR) is 84.3 cm³/mol. The predicted octanol–water partition coefficient (Wildman–Crippen LogP) is 6.00. The molecule has 1 nitrogen and oxygen atoms in total. The molecule has 0 aliphatic heterocycles. The van der Waals surface area contributed by atoms with Gasteiger partial charge in [-0.25, -0.2) is 4.39 Å². The Morgan fingerprint density at radius 3 is 2.15 bits per heavy atom. The maximum atomic E-state index is 13.2. The minimum absolute atomic E-state index is 0.0797. The second kappa shape index (κ2) is 6.47. The fraction of sp³-hybridized carbons (Fsp3) is 0.250. The first-order valence-corrected chi connectivity index (χ1v) is 7.24. The molecule has 0 aliphatic carbocycles. The molecule has 0 saturated heterocycles. The van der Waals surface area contributed by atoms with E-state index in [1.807, 2.05) is 6.92 Å². The molecule has 106 valence electrons. The minimum Gasteiger partial charge on any atom is -0.376 e. The van der Waals surface area contributed by atoms with E-state index in [1.165, 1.54) is 17.7 Å². The number of benzene rings is 2. The number of rotatable bonds is 4. The lowest BCUT2D eigenvalue weighted by molar-refractivity contribution is 0.628. The summed E-state index contributed by atoms with van der Waals surface area (Å²) < 4.78 is 13.2. The third-order valence-corrected chi connectivity index (χ3v) is 3.81. The van der Waals surface area contributed by atoms with E-state index < -0.39 is 5.82 Å². The molecule has 1 unspecified atom stereocenters. The van der Waals surface area contributed by atoms with Crippen molar-refractivity contribution in [1.82, 2.24) is 0 Å². The summed E-state index contributed by atoms with van der Waals surface area (Å²) in [6.07, 6.45) is 0.868. The van der Waals surface area contributed by atoms with Gasteiger partial charge in [0.2, 0.25) is 0 Å². The van der Waals surface area contributed by atoms with E-state index in [1.54, 1.807) is 0 Å². The minimum atomic E-state index is -0.436. The van der Waals surface area contributed by atoms with Crippen molar-refractivity contribution >= 4 is 28.9 Å². The maximum Gasteiger partial charge on any atom is 0.126 e. The van der Waals surface area contributed by atoms with E-state index in [9.17, 15) is 4.39 Å². The van der Waals surface area contributed by atoms with Gasteiger partial charge < -0.3 is 5.32 Å². The van der Waals surface area contributed by atoms with Crippen molar-refractivity contribution in [2.45, 2.75) is 26.3 Å². The first-order valence-electron chi connectivity index (χ1n) is 6.49. The Bertz CT molecular complexity index is 573. The Hall–Kier alpha value is -1.25. The zero-order chi connectivity index (χ0) is 14.7. The smallest absolute Gasteiger partial charge is 0.126 e. The van der Waals surface area contributed by atoms with Gasteiger partial charge in [-0.1, -0.05) is 60.0 Å². The summed E-state index contributed by atoms with van der Waals surface area (Å²) in [6.45, 7) is 4.12. The molecule has 4 heteroatoms. The molecule has 0 amide bonds. The molecule has 0 bridgehead atoms. The fourth-order valence-corrected chi connectivity index (χ4v) is 2.64. The van der Waals surface area contributed by atoms with Gasteiger partial charge in [0.05, 0.1) is 21.8 Å². The Kier molecular flexibility index (Phi) is 4.90. The van der Waals surface area contributed by atoms with Crippen molar-refractivity contribution in [3.63, 3.8) is 0 Å². The molecule has 0 heterocycles. The highest BCUT2D eigenvalue weighted by Gasteiger charge is 2.14. The molecular formula is C16H16Cl2FN. The normalized spacial score (nSPS) is 12.2. The lowest BCUT2D eigenvalue weighted by Gasteiger charge is -2.21. The number of aryl methyl sites for hydroxylation is 1. The van der Waals surface area contributed by atoms with Gasteiger partial charge in [-0.05, 0) is 31.0 Å². The lowest BCUT2D eigenvalue weighted by Crippen LogP contribution is -2.10. The van der Waals surface area contributed by atoms with E-state index >= 15 is 0 Å². The molecule has 2 aromatic rings. The Morgan fingerprint density at radius 1 is 1.10 bits per heavy atom. The molecule has 0 aromatic heterocycles. The van der Waals surface area contributed by atoms with Gasteiger partial charge in [-0.15, -0.1) is 0 Å². The number of hydrogen-bond donors (Lipinski definition) is 1. The van der Waals surface area contributed by atoms with Crippen molar-refractivity contribution in [2.24, 2.45) is 0 Å². The van der Waals surface area contributed by atoms with Crippen molar-refractivity contribution in [3.8, 4) is 0 Å². The Morgan fingerprint density at radius 2 is 1.65 bits per heavy atom. The zero-order valence-corrected chi connectivity index (χ0v) is 12.9. The Labute approximate surface area is 128 Å². The summed E-state index contributed by atoms with van der Waals surface area (Å²) in [7, 11) is 0. The van der Waals surface area contributed by atoms with Crippen LogP contribution in [0, 0.1) is 12.7 Å². The zero-order valence-electron chi connectivity index (χ0n) is 11.4. The second-order valence-corrected chi connectivity index (χ2v) is 5.57. The van der Waals surface area contributed by atoms with Crippen molar-refractivity contribution in [2.75, 3.05) is 5.32 Å². The number of nitrogens with one attached hydrogen (secondary N) is 1. The first-order chi connectivity index (χ1) is 9.51. The molecule has 0 fully saturated rings. The van der Waals surface area contributed by atoms with Crippen LogP contribution in [-0.4, -0.2) is 0 Å². The van der Waals surface area contributed by atoms with Crippen molar-refractivity contribution < 1.29 is 4.39 Å². The lowest BCUT2D eigenvalue weighted by atomic mass is 10.0. The molecule has 0 saturated carbocycles. The largest absolute Gasteiger partial charge is 0.376 e. The summed E-state index contributed by atoms with van der Waals surface area (Å²) in [5.74, 6) is -0.436. The average molecular weight is 312 g/mol. The van der Waals surface area contributed by atoms with Crippen LogP contribution in [0.2, 0.25) is 10.0 Å². The van der Waals surface area contributed by atoms with Crippen LogP contribution >= 0.6 is 23.2 Å². The quantitative estimate of drug-likeness (QED) is 0.729. The standard InChI is InChI=1S/C16H16Cl2FN/c1-3-15(11-6-4-10(2)5-7-11)20-16-13(17)8-12(19)9-14(16)18/h4-9,15,20H,3H2,1-2H3. The summed E-state index contributed by atoms with van der Waals surface area (Å²) >= 11 is 12.1. The third-order valence-electron chi connectivity index (χ3n) is 3.21. The van der Waals surface area contributed by atoms with Crippen LogP contribution in [0.5, 0.6) is 0 Å². The molecule has 2 rings (SSSR count). The SMILES string of the molecule is CCC(Nc1c(Cl)cc(F)cc1Cl)c1ccc(C)cc1. The van der Waals surface area contributed by atoms with Crippen LogP contribution < -0.4 is 5.32 Å². The van der Waals surface area contributed by atoms with Gasteiger partial charge in [0.15, 0.2) is 0 Å². The summed E-state index contributed by atoms with van der Waals surface area (Å²) in [5, 5.41) is 3.88. The van der Waals surface area contributed by atoms with E-state index in [-0.39, 0.29) is 6.04 Å². The molecule has 20 heavy (non-hydrogen) atoms. The summed E-state index contributed by atoms with van der Waals surface area (Å²) in [6, 6.07) is 10.9. The van der Waals surface area contributed by atoms with Gasteiger partial charge >= 0.3 is 0 Å². The van der Waals surface area contributed by atoms with Gasteiger partial charge in [-0.3, -0.25) is 0 Å². The highest BCUT2D eigenvalue weighted by molar-refractivity contribution is 6.39. The number of anilines is 1. The summed E-state index contributed by atoms with van der Waals surface area (Å²) in [4.78, 5) is 0. The monoisotopic (exact) mass is 311 g/mol. The molecule has 2 aromatic carbocycles. The number of hydrogen-bond acceptors (Lipinski definition) is 1. The average Bonchev–Trinajstić information content (AvgIpc) is 2.39. The maximum absolute atomic E-state index is 13.2. The third kappa shape index (κ3) is 3.44. The van der Waals surface area contributed by atoms with E-state index in [2.05, 4.69) is 36.5 Å². The van der Waals surface area contributed by atoms with Gasteiger partial charge in [-0.2, -0.15) is 0 Å². The van der Waals surface area contributed by atoms with Crippen LogP contribution in [0.1, 0.15) is 30.5 Å². The summed E-state index contributed by atoms with van der Waals surface area (Å²) in [5.41, 5.74) is 2.93. The molecule has 0 aliphatic rings. The Balaban J connectivity index is 2.29. The molecule has 0 spiro atoms. The molecule has 1 N–H and O–H groups in total. The first kappa shape index (κ1) is 15.1. The second-order valence-electron chi connectivity index (χ2n) is 4.76. The van der Waals surface area contributed by atoms with Gasteiger partial charge in [0.25, 0.3) is 0 Å². The van der Waals surface area contributed by atoms with E-state index in [0.717, 1.165) is 12.0 Å². The highest BCUT2D eigenvalue weighted by Crippen LogP contribution is 2.35. The van der Waals surface area contributed by atoms with Crippen LogP contribution in [-0.2, 0) is 0 Å². The van der Waals surface area contributed by atoms with Crippen LogP contribution in [0.3, 0.4) is 0 Å². The van der Waals surface area contributed by atoms with Gasteiger partial charge in [0.1, 0.15) is 5.82 Å². The van der Waals surface area contributed by atoms with E-state index in [4.69, 9.17) is 23.2 Å².